The summed E-state index contributed by atoms with van der Waals surface area (Å²) in [6.45, 7) is 7.89. The number of fused-ring (bicyclic) bond motifs is 1. The molecule has 0 spiro atoms. The summed E-state index contributed by atoms with van der Waals surface area (Å²) in [6, 6.07) is 11.1. The standard InChI is InChI=1S/C21H24N2O4/c1-12(2)16-8-6-13(3)10-19(16)26-14(4)20(24)22-15-7-9-18-17(11-15)23(5)21(25)27-18/h6-12,14H,1-5H3,(H,22,24)/t14-/m0/s1. The summed E-state index contributed by atoms with van der Waals surface area (Å²) in [5.41, 5.74) is 3.81. The topological polar surface area (TPSA) is 73.5 Å². The molecule has 0 radical (unpaired) electrons. The molecule has 0 saturated carbocycles. The van der Waals surface area contributed by atoms with Gasteiger partial charge in [-0.2, -0.15) is 0 Å². The van der Waals surface area contributed by atoms with Gasteiger partial charge in [0, 0.05) is 12.7 Å². The Hall–Kier alpha value is -3.02. The Morgan fingerprint density at radius 2 is 1.89 bits per heavy atom. The maximum absolute atomic E-state index is 12.6. The first-order valence-corrected chi connectivity index (χ1v) is 8.94. The van der Waals surface area contributed by atoms with Crippen LogP contribution in [-0.2, 0) is 11.8 Å². The molecule has 6 heteroatoms. The molecule has 0 fully saturated rings. The highest BCUT2D eigenvalue weighted by Crippen LogP contribution is 2.28. The van der Waals surface area contributed by atoms with E-state index in [4.69, 9.17) is 9.15 Å². The smallest absolute Gasteiger partial charge is 0.419 e. The summed E-state index contributed by atoms with van der Waals surface area (Å²) in [5, 5.41) is 2.83. The van der Waals surface area contributed by atoms with E-state index in [2.05, 4.69) is 19.2 Å². The van der Waals surface area contributed by atoms with Crippen molar-refractivity contribution in [3.63, 3.8) is 0 Å². The number of rotatable bonds is 5. The number of benzene rings is 2. The van der Waals surface area contributed by atoms with E-state index in [-0.39, 0.29) is 5.91 Å². The number of carbonyl (C=O) groups is 1. The number of carbonyl (C=O) groups excluding carboxylic acids is 1. The number of anilines is 1. The van der Waals surface area contributed by atoms with E-state index in [1.165, 1.54) is 4.57 Å². The Bertz CT molecular complexity index is 1050. The SMILES string of the molecule is Cc1ccc(C(C)C)c(O[C@@H](C)C(=O)Nc2ccc3oc(=O)n(C)c3c2)c1. The lowest BCUT2D eigenvalue weighted by molar-refractivity contribution is -0.122. The first-order chi connectivity index (χ1) is 12.8. The molecule has 0 aliphatic heterocycles. The number of aromatic nitrogens is 1. The van der Waals surface area contributed by atoms with E-state index in [9.17, 15) is 9.59 Å². The van der Waals surface area contributed by atoms with Crippen molar-refractivity contribution in [2.24, 2.45) is 7.05 Å². The average molecular weight is 368 g/mol. The fraction of sp³-hybridized carbons (Fsp3) is 0.333. The van der Waals surface area contributed by atoms with Crippen LogP contribution in [0.1, 0.15) is 37.8 Å². The fourth-order valence-electron chi connectivity index (χ4n) is 2.91. The van der Waals surface area contributed by atoms with Crippen molar-refractivity contribution in [2.75, 3.05) is 5.32 Å². The first-order valence-electron chi connectivity index (χ1n) is 8.94. The minimum Gasteiger partial charge on any atom is -0.481 e. The number of nitrogens with one attached hydrogen (secondary N) is 1. The van der Waals surface area contributed by atoms with Gasteiger partial charge >= 0.3 is 5.76 Å². The van der Waals surface area contributed by atoms with Gasteiger partial charge in [0.05, 0.1) is 5.52 Å². The molecule has 1 heterocycles. The van der Waals surface area contributed by atoms with Crippen molar-refractivity contribution in [3.05, 3.63) is 58.1 Å². The van der Waals surface area contributed by atoms with E-state index in [0.717, 1.165) is 16.9 Å². The van der Waals surface area contributed by atoms with Crippen molar-refractivity contribution < 1.29 is 13.9 Å². The second-order valence-electron chi connectivity index (χ2n) is 7.05. The van der Waals surface area contributed by atoms with Crippen LogP contribution in [0.25, 0.3) is 11.1 Å². The zero-order valence-corrected chi connectivity index (χ0v) is 16.2. The zero-order chi connectivity index (χ0) is 19.7. The third-order valence-electron chi connectivity index (χ3n) is 4.52. The second-order valence-corrected chi connectivity index (χ2v) is 7.05. The second kappa shape index (κ2) is 7.31. The lowest BCUT2D eigenvalue weighted by Crippen LogP contribution is -2.30. The van der Waals surface area contributed by atoms with Crippen LogP contribution in [-0.4, -0.2) is 16.6 Å². The van der Waals surface area contributed by atoms with Crippen LogP contribution in [0.2, 0.25) is 0 Å². The van der Waals surface area contributed by atoms with Crippen LogP contribution in [0.4, 0.5) is 5.69 Å². The average Bonchev–Trinajstić information content (AvgIpc) is 2.89. The van der Waals surface area contributed by atoms with Gasteiger partial charge < -0.3 is 14.5 Å². The highest BCUT2D eigenvalue weighted by atomic mass is 16.5. The van der Waals surface area contributed by atoms with Crippen LogP contribution >= 0.6 is 0 Å². The van der Waals surface area contributed by atoms with E-state index in [1.807, 2.05) is 25.1 Å². The van der Waals surface area contributed by atoms with E-state index < -0.39 is 11.9 Å². The number of nitrogens with zero attached hydrogens (tertiary/aromatic N) is 1. The lowest BCUT2D eigenvalue weighted by Gasteiger charge is -2.19. The van der Waals surface area contributed by atoms with E-state index in [0.29, 0.717) is 22.7 Å². The number of hydrogen-bond acceptors (Lipinski definition) is 4. The van der Waals surface area contributed by atoms with Gasteiger partial charge in [0.15, 0.2) is 11.7 Å². The van der Waals surface area contributed by atoms with Gasteiger partial charge in [-0.1, -0.05) is 26.0 Å². The molecular weight excluding hydrogens is 344 g/mol. The molecular formula is C21H24N2O4. The number of aryl methyl sites for hydroxylation is 2. The normalized spacial score (nSPS) is 12.4. The molecule has 0 saturated heterocycles. The molecule has 27 heavy (non-hydrogen) atoms. The van der Waals surface area contributed by atoms with Gasteiger partial charge in [-0.15, -0.1) is 0 Å². The van der Waals surface area contributed by atoms with Gasteiger partial charge in [0.25, 0.3) is 5.91 Å². The van der Waals surface area contributed by atoms with Gasteiger partial charge in [-0.3, -0.25) is 9.36 Å². The molecule has 3 rings (SSSR count). The van der Waals surface area contributed by atoms with Crippen molar-refractivity contribution >= 4 is 22.7 Å². The molecule has 0 aliphatic rings. The van der Waals surface area contributed by atoms with Gasteiger partial charge in [-0.05, 0) is 55.2 Å². The molecule has 0 aliphatic carbocycles. The van der Waals surface area contributed by atoms with Gasteiger partial charge in [-0.25, -0.2) is 4.79 Å². The minimum atomic E-state index is -0.673. The Kier molecular flexibility index (Phi) is 5.08. The van der Waals surface area contributed by atoms with Crippen molar-refractivity contribution in [3.8, 4) is 5.75 Å². The quantitative estimate of drug-likeness (QED) is 0.739. The summed E-state index contributed by atoms with van der Waals surface area (Å²) in [4.78, 5) is 24.2. The predicted octanol–water partition coefficient (Wildman–Crippen LogP) is 3.97. The summed E-state index contributed by atoms with van der Waals surface area (Å²) in [6.07, 6.45) is -0.673. The Morgan fingerprint density at radius 1 is 1.15 bits per heavy atom. The highest BCUT2D eigenvalue weighted by molar-refractivity contribution is 5.95. The van der Waals surface area contributed by atoms with E-state index >= 15 is 0 Å². The number of hydrogen-bond donors (Lipinski definition) is 1. The Labute approximate surface area is 157 Å². The minimum absolute atomic E-state index is 0.265. The first kappa shape index (κ1) is 18.8. The van der Waals surface area contributed by atoms with Crippen LogP contribution < -0.4 is 15.8 Å². The molecule has 142 valence electrons. The summed E-state index contributed by atoms with van der Waals surface area (Å²) < 4.78 is 12.4. The molecule has 1 amide bonds. The maximum atomic E-state index is 12.6. The fourth-order valence-corrected chi connectivity index (χ4v) is 2.91. The zero-order valence-electron chi connectivity index (χ0n) is 16.2. The van der Waals surface area contributed by atoms with Gasteiger partial charge in [0.2, 0.25) is 0 Å². The summed E-state index contributed by atoms with van der Waals surface area (Å²) >= 11 is 0. The molecule has 0 bridgehead atoms. The highest BCUT2D eigenvalue weighted by Gasteiger charge is 2.18. The van der Waals surface area contributed by atoms with Gasteiger partial charge in [0.1, 0.15) is 5.75 Å². The molecule has 1 N–H and O–H groups in total. The van der Waals surface area contributed by atoms with Crippen molar-refractivity contribution in [2.45, 2.75) is 39.7 Å². The largest absolute Gasteiger partial charge is 0.481 e. The number of amides is 1. The van der Waals surface area contributed by atoms with Crippen LogP contribution in [0.3, 0.4) is 0 Å². The third kappa shape index (κ3) is 3.89. The molecule has 1 atom stereocenters. The number of oxazole rings is 1. The van der Waals surface area contributed by atoms with Crippen molar-refractivity contribution in [1.29, 1.82) is 0 Å². The summed E-state index contributed by atoms with van der Waals surface area (Å²) in [7, 11) is 1.62. The van der Waals surface area contributed by atoms with Crippen LogP contribution in [0.5, 0.6) is 5.75 Å². The third-order valence-corrected chi connectivity index (χ3v) is 4.52. The van der Waals surface area contributed by atoms with Crippen molar-refractivity contribution in [1.82, 2.24) is 4.57 Å². The number of ether oxygens (including phenoxy) is 1. The van der Waals surface area contributed by atoms with E-state index in [1.54, 1.807) is 32.2 Å². The lowest BCUT2D eigenvalue weighted by atomic mass is 10.0. The molecule has 6 nitrogen and oxygen atoms in total. The Morgan fingerprint density at radius 3 is 2.59 bits per heavy atom. The predicted molar refractivity (Wildman–Crippen MR) is 105 cm³/mol. The molecule has 3 aromatic rings. The maximum Gasteiger partial charge on any atom is 0.419 e. The van der Waals surface area contributed by atoms with Crippen LogP contribution in [0.15, 0.2) is 45.6 Å². The summed E-state index contributed by atoms with van der Waals surface area (Å²) in [5.74, 6) is 0.311. The van der Waals surface area contributed by atoms with Crippen LogP contribution in [0, 0.1) is 6.92 Å². The molecule has 1 aromatic heterocycles. The Balaban J connectivity index is 1.78. The monoisotopic (exact) mass is 368 g/mol. The molecule has 2 aromatic carbocycles. The molecule has 0 unspecified atom stereocenters.